The molecule has 2 rings (SSSR count). The molecular weight excluding hydrogens is 288 g/mol. The van der Waals surface area contributed by atoms with Crippen molar-refractivity contribution in [3.05, 3.63) is 48.0 Å². The van der Waals surface area contributed by atoms with E-state index >= 15 is 0 Å². The van der Waals surface area contributed by atoms with Gasteiger partial charge >= 0.3 is 0 Å². The lowest BCUT2D eigenvalue weighted by Crippen LogP contribution is -1.87. The fourth-order valence-electron chi connectivity index (χ4n) is 3.56. The Labute approximate surface area is 149 Å². The Bertz CT molecular complexity index is 555. The zero-order valence-corrected chi connectivity index (χ0v) is 15.7. The first-order valence-corrected chi connectivity index (χ1v) is 10.4. The predicted octanol–water partition coefficient (Wildman–Crippen LogP) is 8.08. The summed E-state index contributed by atoms with van der Waals surface area (Å²) in [5, 5.41) is 2.74. The Morgan fingerprint density at radius 3 is 1.71 bits per heavy atom. The van der Waals surface area contributed by atoms with Crippen molar-refractivity contribution >= 4 is 10.8 Å². The van der Waals surface area contributed by atoms with Crippen LogP contribution in [0.5, 0.6) is 0 Å². The Balaban J connectivity index is 1.46. The van der Waals surface area contributed by atoms with Crippen LogP contribution in [0.3, 0.4) is 0 Å². The Morgan fingerprint density at radius 2 is 1.08 bits per heavy atom. The summed E-state index contributed by atoms with van der Waals surface area (Å²) < 4.78 is 0. The van der Waals surface area contributed by atoms with E-state index < -0.39 is 0 Å². The number of fused-ring (bicyclic) bond motifs is 1. The molecule has 2 aromatic carbocycles. The van der Waals surface area contributed by atoms with E-state index in [2.05, 4.69) is 49.4 Å². The number of hydrogen-bond donors (Lipinski definition) is 0. The van der Waals surface area contributed by atoms with Gasteiger partial charge in [0.1, 0.15) is 0 Å². The number of benzene rings is 2. The van der Waals surface area contributed by atoms with Crippen molar-refractivity contribution in [2.75, 3.05) is 0 Å². The maximum absolute atomic E-state index is 2.37. The second kappa shape index (κ2) is 12.1. The van der Waals surface area contributed by atoms with Crippen LogP contribution < -0.4 is 0 Å². The third-order valence-corrected chi connectivity index (χ3v) is 5.13. The molecule has 0 heteroatoms. The normalized spacial score (nSPS) is 11.2. The third kappa shape index (κ3) is 7.51. The number of hydrogen-bond acceptors (Lipinski definition) is 0. The Morgan fingerprint density at radius 1 is 0.542 bits per heavy atom. The number of unbranched alkanes of at least 4 members (excludes halogenated alkanes) is 11. The van der Waals surface area contributed by atoms with Gasteiger partial charge in [-0.25, -0.2) is 0 Å². The fraction of sp³-hybridized carbons (Fsp3) is 0.583. The standard InChI is InChI=1S/C24H36/c1-2-3-4-5-6-7-8-9-10-11-12-13-16-22-19-20-23-17-14-15-18-24(23)21-22/h14-15,17-21H,2-13,16H2,1H3. The molecule has 0 saturated carbocycles. The lowest BCUT2D eigenvalue weighted by Gasteiger charge is -2.05. The van der Waals surface area contributed by atoms with Gasteiger partial charge < -0.3 is 0 Å². The molecule has 0 N–H and O–H groups in total. The van der Waals surface area contributed by atoms with E-state index in [0.29, 0.717) is 0 Å². The first-order chi connectivity index (χ1) is 11.9. The van der Waals surface area contributed by atoms with Crippen LogP contribution in [0.25, 0.3) is 10.8 Å². The van der Waals surface area contributed by atoms with Crippen molar-refractivity contribution < 1.29 is 0 Å². The largest absolute Gasteiger partial charge is 0.0654 e. The van der Waals surface area contributed by atoms with E-state index in [0.717, 1.165) is 0 Å². The minimum Gasteiger partial charge on any atom is -0.0654 e. The van der Waals surface area contributed by atoms with Crippen molar-refractivity contribution in [1.82, 2.24) is 0 Å². The zero-order chi connectivity index (χ0) is 16.9. The molecule has 0 unspecified atom stereocenters. The van der Waals surface area contributed by atoms with Gasteiger partial charge in [-0.3, -0.25) is 0 Å². The summed E-state index contributed by atoms with van der Waals surface area (Å²) in [5.74, 6) is 0. The zero-order valence-electron chi connectivity index (χ0n) is 15.7. The molecule has 0 aliphatic rings. The van der Waals surface area contributed by atoms with Crippen LogP contribution in [0.15, 0.2) is 42.5 Å². The minimum absolute atomic E-state index is 1.24. The minimum atomic E-state index is 1.24. The Kier molecular flexibility index (Phi) is 9.61. The maximum Gasteiger partial charge on any atom is -0.0181 e. The molecule has 0 bridgehead atoms. The molecule has 24 heavy (non-hydrogen) atoms. The topological polar surface area (TPSA) is 0 Å². The Hall–Kier alpha value is -1.30. The summed E-state index contributed by atoms with van der Waals surface area (Å²) in [5.41, 5.74) is 1.50. The van der Waals surface area contributed by atoms with Crippen molar-refractivity contribution in [1.29, 1.82) is 0 Å². The van der Waals surface area contributed by atoms with E-state index in [9.17, 15) is 0 Å². The third-order valence-electron chi connectivity index (χ3n) is 5.13. The SMILES string of the molecule is CCCCCCCCCCCCCCc1ccc2ccccc2c1. The molecule has 132 valence electrons. The molecule has 2 aromatic rings. The van der Waals surface area contributed by atoms with Gasteiger partial charge in [0.2, 0.25) is 0 Å². The monoisotopic (exact) mass is 324 g/mol. The van der Waals surface area contributed by atoms with E-state index in [1.165, 1.54) is 99.8 Å². The highest BCUT2D eigenvalue weighted by Gasteiger charge is 1.97. The summed E-state index contributed by atoms with van der Waals surface area (Å²) >= 11 is 0. The second-order valence-electron chi connectivity index (χ2n) is 7.32. The molecule has 0 nitrogen and oxygen atoms in total. The fourth-order valence-corrected chi connectivity index (χ4v) is 3.56. The van der Waals surface area contributed by atoms with Crippen LogP contribution in [0.2, 0.25) is 0 Å². The highest BCUT2D eigenvalue weighted by molar-refractivity contribution is 5.82. The molecule has 0 saturated heterocycles. The highest BCUT2D eigenvalue weighted by Crippen LogP contribution is 2.18. The van der Waals surface area contributed by atoms with E-state index in [1.807, 2.05) is 0 Å². The molecule has 0 heterocycles. The first kappa shape index (κ1) is 19.0. The van der Waals surface area contributed by atoms with Gasteiger partial charge in [0.05, 0.1) is 0 Å². The summed E-state index contributed by atoms with van der Waals surface area (Å²) in [7, 11) is 0. The van der Waals surface area contributed by atoms with Crippen LogP contribution in [0, 0.1) is 0 Å². The van der Waals surface area contributed by atoms with Crippen LogP contribution in [0.1, 0.15) is 89.5 Å². The van der Waals surface area contributed by atoms with E-state index in [4.69, 9.17) is 0 Å². The highest BCUT2D eigenvalue weighted by atomic mass is 14.0. The quantitative estimate of drug-likeness (QED) is 0.327. The average molecular weight is 325 g/mol. The van der Waals surface area contributed by atoms with Crippen molar-refractivity contribution in [2.24, 2.45) is 0 Å². The van der Waals surface area contributed by atoms with E-state index in [1.54, 1.807) is 0 Å². The average Bonchev–Trinajstić information content (AvgIpc) is 2.62. The second-order valence-corrected chi connectivity index (χ2v) is 7.32. The van der Waals surface area contributed by atoms with Gasteiger partial charge in [-0.2, -0.15) is 0 Å². The number of aryl methyl sites for hydroxylation is 1. The van der Waals surface area contributed by atoms with Crippen LogP contribution in [0.4, 0.5) is 0 Å². The lowest BCUT2D eigenvalue weighted by molar-refractivity contribution is 0.544. The van der Waals surface area contributed by atoms with Crippen molar-refractivity contribution in [3.63, 3.8) is 0 Å². The van der Waals surface area contributed by atoms with Gasteiger partial charge in [-0.1, -0.05) is 120 Å². The summed E-state index contributed by atoms with van der Waals surface area (Å²) in [6, 6.07) is 15.6. The molecule has 0 radical (unpaired) electrons. The summed E-state index contributed by atoms with van der Waals surface area (Å²) in [6.45, 7) is 2.29. The maximum atomic E-state index is 2.37. The molecule has 0 spiro atoms. The molecule has 0 fully saturated rings. The summed E-state index contributed by atoms with van der Waals surface area (Å²) in [4.78, 5) is 0. The predicted molar refractivity (Wildman–Crippen MR) is 109 cm³/mol. The van der Waals surface area contributed by atoms with Crippen LogP contribution >= 0.6 is 0 Å². The number of rotatable bonds is 13. The molecule has 0 atom stereocenters. The van der Waals surface area contributed by atoms with Gasteiger partial charge in [0.15, 0.2) is 0 Å². The van der Waals surface area contributed by atoms with Gasteiger partial charge in [0.25, 0.3) is 0 Å². The molecule has 0 aromatic heterocycles. The van der Waals surface area contributed by atoms with Gasteiger partial charge in [0, 0.05) is 0 Å². The van der Waals surface area contributed by atoms with Crippen molar-refractivity contribution in [3.8, 4) is 0 Å². The molecule has 0 amide bonds. The molecular formula is C24H36. The lowest BCUT2D eigenvalue weighted by atomic mass is 10.0. The molecule has 0 aliphatic carbocycles. The van der Waals surface area contributed by atoms with Gasteiger partial charge in [-0.15, -0.1) is 0 Å². The van der Waals surface area contributed by atoms with Crippen LogP contribution in [-0.4, -0.2) is 0 Å². The molecule has 0 aliphatic heterocycles. The first-order valence-electron chi connectivity index (χ1n) is 10.4. The summed E-state index contributed by atoms with van der Waals surface area (Å²) in [6.07, 6.45) is 18.3. The van der Waals surface area contributed by atoms with Crippen molar-refractivity contribution in [2.45, 2.75) is 90.4 Å². The van der Waals surface area contributed by atoms with Gasteiger partial charge in [-0.05, 0) is 29.2 Å². The van der Waals surface area contributed by atoms with Crippen LogP contribution in [-0.2, 0) is 6.42 Å². The smallest absolute Gasteiger partial charge is 0.0181 e. The van der Waals surface area contributed by atoms with E-state index in [-0.39, 0.29) is 0 Å².